The predicted octanol–water partition coefficient (Wildman–Crippen LogP) is 2.31. The molecule has 0 atom stereocenters. The standard InChI is InChI=1S/C16H19N3O4S/c1-2-3-7-19-13-8-12(16(20)21)9-14(24(17,22)23)15(13)11-5-4-6-18-10-11/h4-6,8-10,19H,2-3,7H2,1H3,(H,20,21)(H2,17,22,23). The summed E-state index contributed by atoms with van der Waals surface area (Å²) in [6.45, 7) is 2.60. The van der Waals surface area contributed by atoms with Crippen molar-refractivity contribution in [2.24, 2.45) is 5.14 Å². The molecule has 1 aromatic heterocycles. The van der Waals surface area contributed by atoms with Crippen LogP contribution in [0.2, 0.25) is 0 Å². The van der Waals surface area contributed by atoms with Gasteiger partial charge in [-0.15, -0.1) is 0 Å². The van der Waals surface area contributed by atoms with Crippen LogP contribution in [0.4, 0.5) is 5.69 Å². The summed E-state index contributed by atoms with van der Waals surface area (Å²) in [5, 5.41) is 17.7. The summed E-state index contributed by atoms with van der Waals surface area (Å²) in [7, 11) is -4.12. The van der Waals surface area contributed by atoms with Gasteiger partial charge in [-0.1, -0.05) is 19.4 Å². The van der Waals surface area contributed by atoms with Crippen molar-refractivity contribution in [2.75, 3.05) is 11.9 Å². The van der Waals surface area contributed by atoms with Gasteiger partial charge in [-0.2, -0.15) is 0 Å². The Morgan fingerprint density at radius 3 is 2.67 bits per heavy atom. The smallest absolute Gasteiger partial charge is 0.335 e. The third-order valence-electron chi connectivity index (χ3n) is 3.45. The number of carbonyl (C=O) groups is 1. The number of rotatable bonds is 7. The van der Waals surface area contributed by atoms with Crippen LogP contribution in [-0.4, -0.2) is 31.0 Å². The number of nitrogens with two attached hydrogens (primary N) is 1. The first-order chi connectivity index (χ1) is 11.3. The van der Waals surface area contributed by atoms with E-state index in [1.165, 1.54) is 12.3 Å². The summed E-state index contributed by atoms with van der Waals surface area (Å²) in [5.74, 6) is -1.23. The first-order valence-electron chi connectivity index (χ1n) is 7.43. The van der Waals surface area contributed by atoms with Gasteiger partial charge < -0.3 is 10.4 Å². The molecule has 0 aliphatic heterocycles. The summed E-state index contributed by atoms with van der Waals surface area (Å²) in [6.07, 6.45) is 4.87. The van der Waals surface area contributed by atoms with Crippen molar-refractivity contribution in [3.8, 4) is 11.1 Å². The lowest BCUT2D eigenvalue weighted by atomic mass is 10.0. The molecule has 0 aliphatic rings. The SMILES string of the molecule is CCCCNc1cc(C(=O)O)cc(S(N)(=O)=O)c1-c1cccnc1. The van der Waals surface area contributed by atoms with Crippen LogP contribution in [0.1, 0.15) is 30.1 Å². The van der Waals surface area contributed by atoms with Crippen LogP contribution >= 0.6 is 0 Å². The molecule has 128 valence electrons. The van der Waals surface area contributed by atoms with E-state index in [2.05, 4.69) is 10.3 Å². The van der Waals surface area contributed by atoms with E-state index < -0.39 is 16.0 Å². The third kappa shape index (κ3) is 4.09. The number of primary sulfonamides is 1. The molecule has 0 aliphatic carbocycles. The molecule has 2 rings (SSSR count). The van der Waals surface area contributed by atoms with Gasteiger partial charge in [0.25, 0.3) is 0 Å². The molecule has 7 nitrogen and oxygen atoms in total. The molecule has 0 radical (unpaired) electrons. The Morgan fingerprint density at radius 1 is 1.38 bits per heavy atom. The Kier molecular flexibility index (Phi) is 5.53. The topological polar surface area (TPSA) is 122 Å². The highest BCUT2D eigenvalue weighted by Crippen LogP contribution is 2.35. The van der Waals surface area contributed by atoms with E-state index in [0.29, 0.717) is 23.4 Å². The number of sulfonamides is 1. The second-order valence-corrected chi connectivity index (χ2v) is 6.80. The number of benzene rings is 1. The minimum Gasteiger partial charge on any atom is -0.478 e. The third-order valence-corrected chi connectivity index (χ3v) is 4.39. The molecule has 4 N–H and O–H groups in total. The molecule has 0 fully saturated rings. The quantitative estimate of drug-likeness (QED) is 0.659. The number of nitrogens with one attached hydrogen (secondary N) is 1. The molecule has 0 amide bonds. The Morgan fingerprint density at radius 2 is 2.12 bits per heavy atom. The highest BCUT2D eigenvalue weighted by Gasteiger charge is 2.22. The van der Waals surface area contributed by atoms with Crippen LogP contribution in [0.25, 0.3) is 11.1 Å². The number of pyridine rings is 1. The molecule has 0 saturated heterocycles. The maximum absolute atomic E-state index is 12.0. The zero-order chi connectivity index (χ0) is 17.7. The number of carboxylic acids is 1. The monoisotopic (exact) mass is 349 g/mol. The second kappa shape index (κ2) is 7.41. The molecule has 8 heteroatoms. The van der Waals surface area contributed by atoms with E-state index in [9.17, 15) is 18.3 Å². The zero-order valence-electron chi connectivity index (χ0n) is 13.2. The van der Waals surface area contributed by atoms with Crippen LogP contribution in [0.3, 0.4) is 0 Å². The fourth-order valence-electron chi connectivity index (χ4n) is 2.31. The van der Waals surface area contributed by atoms with Gasteiger partial charge in [0.15, 0.2) is 0 Å². The lowest BCUT2D eigenvalue weighted by molar-refractivity contribution is 0.0696. The van der Waals surface area contributed by atoms with E-state index in [4.69, 9.17) is 5.14 Å². The lowest BCUT2D eigenvalue weighted by Gasteiger charge is -2.16. The Hall–Kier alpha value is -2.45. The Bertz CT molecular complexity index is 836. The number of aromatic carboxylic acids is 1. The van der Waals surface area contributed by atoms with Crippen LogP contribution in [0.5, 0.6) is 0 Å². The minimum absolute atomic E-state index is 0.148. The summed E-state index contributed by atoms with van der Waals surface area (Å²) in [6, 6.07) is 5.85. The normalized spacial score (nSPS) is 11.2. The van der Waals surface area contributed by atoms with Gasteiger partial charge in [-0.05, 0) is 24.6 Å². The molecule has 0 saturated carbocycles. The first-order valence-corrected chi connectivity index (χ1v) is 8.97. The number of aromatic nitrogens is 1. The van der Waals surface area contributed by atoms with E-state index in [0.717, 1.165) is 18.9 Å². The average molecular weight is 349 g/mol. The number of anilines is 1. The van der Waals surface area contributed by atoms with Gasteiger partial charge in [0.05, 0.1) is 10.5 Å². The number of unbranched alkanes of at least 4 members (excludes halogenated alkanes) is 1. The van der Waals surface area contributed by atoms with Crippen LogP contribution in [0, 0.1) is 0 Å². The van der Waals surface area contributed by atoms with Gasteiger partial charge in [0.2, 0.25) is 10.0 Å². The number of carboxylic acid groups (broad SMARTS) is 1. The van der Waals surface area contributed by atoms with Crippen molar-refractivity contribution in [3.63, 3.8) is 0 Å². The number of nitrogens with zero attached hydrogens (tertiary/aromatic N) is 1. The highest BCUT2D eigenvalue weighted by molar-refractivity contribution is 7.89. The lowest BCUT2D eigenvalue weighted by Crippen LogP contribution is -2.16. The van der Waals surface area contributed by atoms with E-state index in [1.807, 2.05) is 6.92 Å². The number of hydrogen-bond acceptors (Lipinski definition) is 5. The van der Waals surface area contributed by atoms with E-state index in [1.54, 1.807) is 18.3 Å². The van der Waals surface area contributed by atoms with E-state index >= 15 is 0 Å². The van der Waals surface area contributed by atoms with Gasteiger partial charge in [0, 0.05) is 35.8 Å². The van der Waals surface area contributed by atoms with Crippen molar-refractivity contribution < 1.29 is 18.3 Å². The van der Waals surface area contributed by atoms with Crippen molar-refractivity contribution in [1.82, 2.24) is 4.98 Å². The van der Waals surface area contributed by atoms with Crippen molar-refractivity contribution in [3.05, 3.63) is 42.2 Å². The Labute approximate surface area is 140 Å². The molecule has 24 heavy (non-hydrogen) atoms. The summed E-state index contributed by atoms with van der Waals surface area (Å²) in [4.78, 5) is 15.1. The first kappa shape index (κ1) is 17.9. The summed E-state index contributed by atoms with van der Waals surface area (Å²) < 4.78 is 24.0. The molecular weight excluding hydrogens is 330 g/mol. The van der Waals surface area contributed by atoms with Crippen LogP contribution in [-0.2, 0) is 10.0 Å². The highest BCUT2D eigenvalue weighted by atomic mass is 32.2. The molecular formula is C16H19N3O4S. The summed E-state index contributed by atoms with van der Waals surface area (Å²) in [5.41, 5.74) is 1.12. The maximum Gasteiger partial charge on any atom is 0.335 e. The van der Waals surface area contributed by atoms with Crippen molar-refractivity contribution >= 4 is 21.7 Å². The largest absolute Gasteiger partial charge is 0.478 e. The van der Waals surface area contributed by atoms with Gasteiger partial charge >= 0.3 is 5.97 Å². The molecule has 2 aromatic rings. The van der Waals surface area contributed by atoms with Crippen LogP contribution in [0.15, 0.2) is 41.6 Å². The van der Waals surface area contributed by atoms with Gasteiger partial charge in [0.1, 0.15) is 0 Å². The van der Waals surface area contributed by atoms with Crippen molar-refractivity contribution in [1.29, 1.82) is 0 Å². The fraction of sp³-hybridized carbons (Fsp3) is 0.250. The predicted molar refractivity (Wildman–Crippen MR) is 91.4 cm³/mol. The average Bonchev–Trinajstić information content (AvgIpc) is 2.54. The molecule has 1 heterocycles. The molecule has 1 aromatic carbocycles. The van der Waals surface area contributed by atoms with Crippen LogP contribution < -0.4 is 10.5 Å². The summed E-state index contributed by atoms with van der Waals surface area (Å²) >= 11 is 0. The second-order valence-electron chi connectivity index (χ2n) is 5.27. The fourth-order valence-corrected chi connectivity index (χ4v) is 3.11. The molecule has 0 unspecified atom stereocenters. The molecule has 0 bridgehead atoms. The van der Waals surface area contributed by atoms with Gasteiger partial charge in [-0.25, -0.2) is 18.4 Å². The van der Waals surface area contributed by atoms with Gasteiger partial charge in [-0.3, -0.25) is 4.98 Å². The maximum atomic E-state index is 12.0. The van der Waals surface area contributed by atoms with E-state index in [-0.39, 0.29) is 10.5 Å². The number of hydrogen-bond donors (Lipinski definition) is 3. The zero-order valence-corrected chi connectivity index (χ0v) is 14.0. The minimum atomic E-state index is -4.12. The van der Waals surface area contributed by atoms with Crippen molar-refractivity contribution in [2.45, 2.75) is 24.7 Å². The Balaban J connectivity index is 2.73. The molecule has 0 spiro atoms.